The number of carboxylic acids is 1. The van der Waals surface area contributed by atoms with Gasteiger partial charge in [0, 0.05) is 10.5 Å². The van der Waals surface area contributed by atoms with Crippen LogP contribution in [0, 0.1) is 0 Å². The molecule has 0 aliphatic carbocycles. The normalized spacial score (nSPS) is 10.5. The van der Waals surface area contributed by atoms with Gasteiger partial charge < -0.3 is 9.52 Å². The van der Waals surface area contributed by atoms with E-state index in [0.717, 1.165) is 10.5 Å². The Morgan fingerprint density at radius 2 is 1.95 bits per heavy atom. The summed E-state index contributed by atoms with van der Waals surface area (Å²) < 4.78 is 5.13. The molecule has 0 spiro atoms. The van der Waals surface area contributed by atoms with Crippen LogP contribution in [0.5, 0.6) is 0 Å². The Balaban J connectivity index is 2.55. The van der Waals surface area contributed by atoms with Gasteiger partial charge in [0.1, 0.15) is 11.3 Å². The van der Waals surface area contributed by atoms with E-state index in [1.807, 2.05) is 37.4 Å². The molecule has 104 valence electrons. The van der Waals surface area contributed by atoms with E-state index in [0.29, 0.717) is 17.7 Å². The van der Waals surface area contributed by atoms with Crippen molar-refractivity contribution in [2.75, 3.05) is 6.26 Å². The smallest absolute Gasteiger partial charge is 0.351 e. The summed E-state index contributed by atoms with van der Waals surface area (Å²) in [5, 5.41) is 9.04. The molecule has 1 aromatic carbocycles. The molecule has 0 aliphatic heterocycles. The number of thioether (sulfide) groups is 1. The van der Waals surface area contributed by atoms with Gasteiger partial charge in [0.05, 0.1) is 0 Å². The molecule has 2 aromatic rings. The van der Waals surface area contributed by atoms with Gasteiger partial charge in [-0.2, -0.15) is 0 Å². The van der Waals surface area contributed by atoms with Crippen molar-refractivity contribution in [2.45, 2.75) is 18.2 Å². The summed E-state index contributed by atoms with van der Waals surface area (Å²) in [4.78, 5) is 24.0. The van der Waals surface area contributed by atoms with Crippen LogP contribution in [0.3, 0.4) is 0 Å². The molecule has 0 saturated carbocycles. The molecule has 0 amide bonds. The highest BCUT2D eigenvalue weighted by Gasteiger charge is 2.17. The average Bonchev–Trinajstić information content (AvgIpc) is 2.46. The van der Waals surface area contributed by atoms with E-state index in [9.17, 15) is 9.59 Å². The monoisotopic (exact) mass is 290 g/mol. The zero-order chi connectivity index (χ0) is 14.7. The first kappa shape index (κ1) is 14.4. The van der Waals surface area contributed by atoms with Gasteiger partial charge in [0.2, 0.25) is 0 Å². The van der Waals surface area contributed by atoms with Crippen molar-refractivity contribution >= 4 is 17.7 Å². The first-order valence-electron chi connectivity index (χ1n) is 6.11. The Morgan fingerprint density at radius 3 is 2.45 bits per heavy atom. The SMILES string of the molecule is CCc1cc(-c2ccc(SC)cc2)oc(=O)c1C(=O)O. The van der Waals surface area contributed by atoms with Crippen LogP contribution in [0.15, 0.2) is 44.4 Å². The van der Waals surface area contributed by atoms with E-state index in [-0.39, 0.29) is 5.56 Å². The van der Waals surface area contributed by atoms with Crippen molar-refractivity contribution in [3.05, 3.63) is 51.9 Å². The first-order chi connectivity index (χ1) is 9.56. The number of aryl methyl sites for hydroxylation is 1. The van der Waals surface area contributed by atoms with E-state index in [2.05, 4.69) is 0 Å². The van der Waals surface area contributed by atoms with Gasteiger partial charge >= 0.3 is 11.6 Å². The summed E-state index contributed by atoms with van der Waals surface area (Å²) in [6.45, 7) is 1.81. The Hall–Kier alpha value is -2.01. The second-order valence-corrected chi connectivity index (χ2v) is 5.07. The molecular formula is C15H14O4S. The average molecular weight is 290 g/mol. The maximum atomic E-state index is 11.8. The van der Waals surface area contributed by atoms with Crippen LogP contribution < -0.4 is 5.63 Å². The number of aromatic carboxylic acids is 1. The predicted molar refractivity (Wildman–Crippen MR) is 78.5 cm³/mol. The fourth-order valence-electron chi connectivity index (χ4n) is 1.94. The molecule has 20 heavy (non-hydrogen) atoms. The van der Waals surface area contributed by atoms with Crippen molar-refractivity contribution in [1.82, 2.24) is 0 Å². The lowest BCUT2D eigenvalue weighted by Gasteiger charge is -2.06. The van der Waals surface area contributed by atoms with E-state index in [1.165, 1.54) is 0 Å². The third-order valence-corrected chi connectivity index (χ3v) is 3.75. The van der Waals surface area contributed by atoms with Crippen molar-refractivity contribution in [3.63, 3.8) is 0 Å². The third-order valence-electron chi connectivity index (χ3n) is 3.00. The van der Waals surface area contributed by atoms with Crippen LogP contribution in [-0.4, -0.2) is 17.3 Å². The van der Waals surface area contributed by atoms with Crippen LogP contribution in [0.2, 0.25) is 0 Å². The summed E-state index contributed by atoms with van der Waals surface area (Å²) in [6.07, 6.45) is 2.44. The highest BCUT2D eigenvalue weighted by molar-refractivity contribution is 7.98. The standard InChI is InChI=1S/C15H14O4S/c1-3-9-8-12(19-15(18)13(9)14(16)17)10-4-6-11(20-2)7-5-10/h4-8H,3H2,1-2H3,(H,16,17). The highest BCUT2D eigenvalue weighted by Crippen LogP contribution is 2.24. The Labute approximate surface area is 120 Å². The van der Waals surface area contributed by atoms with E-state index >= 15 is 0 Å². The lowest BCUT2D eigenvalue weighted by Crippen LogP contribution is -2.17. The van der Waals surface area contributed by atoms with Gasteiger partial charge in [-0.15, -0.1) is 11.8 Å². The molecule has 0 radical (unpaired) electrons. The van der Waals surface area contributed by atoms with E-state index in [4.69, 9.17) is 9.52 Å². The van der Waals surface area contributed by atoms with Gasteiger partial charge in [-0.1, -0.05) is 19.1 Å². The summed E-state index contributed by atoms with van der Waals surface area (Å²) in [7, 11) is 0. The molecule has 0 bridgehead atoms. The number of rotatable bonds is 4. The molecule has 0 unspecified atom stereocenters. The molecule has 0 fully saturated rings. The molecule has 1 aromatic heterocycles. The molecule has 0 aliphatic rings. The van der Waals surface area contributed by atoms with Crippen LogP contribution in [-0.2, 0) is 6.42 Å². The predicted octanol–water partition coefficient (Wildman–Crippen LogP) is 3.29. The molecule has 1 heterocycles. The lowest BCUT2D eigenvalue weighted by atomic mass is 10.0. The fourth-order valence-corrected chi connectivity index (χ4v) is 2.35. The topological polar surface area (TPSA) is 67.5 Å². The number of carboxylic acid groups (broad SMARTS) is 1. The van der Waals surface area contributed by atoms with Crippen molar-refractivity contribution in [3.8, 4) is 11.3 Å². The van der Waals surface area contributed by atoms with Crippen molar-refractivity contribution in [1.29, 1.82) is 0 Å². The summed E-state index contributed by atoms with van der Waals surface area (Å²) >= 11 is 1.62. The number of hydrogen-bond donors (Lipinski definition) is 1. The van der Waals surface area contributed by atoms with Crippen LogP contribution in [0.4, 0.5) is 0 Å². The summed E-state index contributed by atoms with van der Waals surface area (Å²) in [6, 6.07) is 9.18. The molecule has 5 heteroatoms. The highest BCUT2D eigenvalue weighted by atomic mass is 32.2. The molecule has 4 nitrogen and oxygen atoms in total. The van der Waals surface area contributed by atoms with Gasteiger partial charge in [-0.05, 0) is 36.4 Å². The number of carbonyl (C=O) groups is 1. The van der Waals surface area contributed by atoms with Crippen LogP contribution in [0.25, 0.3) is 11.3 Å². The quantitative estimate of drug-likeness (QED) is 0.875. The number of hydrogen-bond acceptors (Lipinski definition) is 4. The van der Waals surface area contributed by atoms with Gasteiger partial charge in [0.15, 0.2) is 0 Å². The van der Waals surface area contributed by atoms with Crippen molar-refractivity contribution in [2.24, 2.45) is 0 Å². The molecular weight excluding hydrogens is 276 g/mol. The largest absolute Gasteiger partial charge is 0.477 e. The van der Waals surface area contributed by atoms with Crippen molar-refractivity contribution < 1.29 is 14.3 Å². The third kappa shape index (κ3) is 2.77. The maximum Gasteiger partial charge on any atom is 0.351 e. The van der Waals surface area contributed by atoms with Gasteiger partial charge in [-0.25, -0.2) is 9.59 Å². The molecule has 0 saturated heterocycles. The van der Waals surface area contributed by atoms with Gasteiger partial charge in [-0.3, -0.25) is 0 Å². The second-order valence-electron chi connectivity index (χ2n) is 4.19. The zero-order valence-electron chi connectivity index (χ0n) is 11.2. The Morgan fingerprint density at radius 1 is 1.30 bits per heavy atom. The maximum absolute atomic E-state index is 11.8. The van der Waals surface area contributed by atoms with Gasteiger partial charge in [0.25, 0.3) is 0 Å². The minimum absolute atomic E-state index is 0.281. The molecule has 1 N–H and O–H groups in total. The summed E-state index contributed by atoms with van der Waals surface area (Å²) in [5.41, 5.74) is 0.155. The number of benzene rings is 1. The molecule has 2 rings (SSSR count). The minimum atomic E-state index is -1.25. The minimum Gasteiger partial charge on any atom is -0.477 e. The lowest BCUT2D eigenvalue weighted by molar-refractivity contribution is 0.0691. The fraction of sp³-hybridized carbons (Fsp3) is 0.200. The van der Waals surface area contributed by atoms with E-state index in [1.54, 1.807) is 17.8 Å². The first-order valence-corrected chi connectivity index (χ1v) is 7.34. The van der Waals surface area contributed by atoms with E-state index < -0.39 is 11.6 Å². The Bertz CT molecular complexity index is 686. The second kappa shape index (κ2) is 5.96. The molecule has 0 atom stereocenters. The van der Waals surface area contributed by atoms with Crippen LogP contribution >= 0.6 is 11.8 Å². The Kier molecular flexibility index (Phi) is 4.29. The summed E-state index contributed by atoms with van der Waals surface area (Å²) in [5.74, 6) is -0.857. The zero-order valence-corrected chi connectivity index (χ0v) is 12.0. The van der Waals surface area contributed by atoms with Crippen LogP contribution in [0.1, 0.15) is 22.8 Å².